The Balaban J connectivity index is 1.60. The number of rotatable bonds is 3. The number of amides is 1. The van der Waals surface area contributed by atoms with Gasteiger partial charge in [0, 0.05) is 44.3 Å². The highest BCUT2D eigenvalue weighted by atomic mass is 31.2. The number of nitrogens with zero attached hydrogens (tertiary/aromatic N) is 5. The van der Waals surface area contributed by atoms with Crippen molar-refractivity contribution in [2.24, 2.45) is 0 Å². The van der Waals surface area contributed by atoms with Crippen LogP contribution in [0.15, 0.2) is 61.1 Å². The second-order valence-electron chi connectivity index (χ2n) is 10.2. The average Bonchev–Trinajstić information content (AvgIpc) is 3.44. The number of carbonyl (C=O) groups is 1. The first-order valence-corrected chi connectivity index (χ1v) is 15.5. The SMILES string of the molecule is CCO[P@]1(=O)Cc2ccc(cc2)Nc2ncc(C(F)(F)F)c(n2)Nc2ccc(cc2C(=O)N(C)C)-c2cnn(c2)CCCO1. The lowest BCUT2D eigenvalue weighted by Gasteiger charge is -2.19. The van der Waals surface area contributed by atoms with Gasteiger partial charge < -0.3 is 24.6 Å². The Hall–Kier alpha value is -4.26. The fraction of sp³-hybridized carbons (Fsp3) is 0.310. The van der Waals surface area contributed by atoms with Gasteiger partial charge in [-0.25, -0.2) is 4.98 Å². The molecule has 4 aliphatic rings. The summed E-state index contributed by atoms with van der Waals surface area (Å²) in [6, 6.07) is 11.5. The van der Waals surface area contributed by atoms with Gasteiger partial charge in [0.25, 0.3) is 5.91 Å². The second-order valence-corrected chi connectivity index (χ2v) is 12.3. The van der Waals surface area contributed by atoms with Gasteiger partial charge in [0.2, 0.25) is 5.95 Å². The molecule has 2 N–H and O–H groups in total. The first-order chi connectivity index (χ1) is 20.9. The Kier molecular flexibility index (Phi) is 9.05. The molecule has 232 valence electrons. The van der Waals surface area contributed by atoms with Gasteiger partial charge in [0.15, 0.2) is 0 Å². The van der Waals surface area contributed by atoms with Gasteiger partial charge in [0.05, 0.1) is 36.8 Å². The zero-order chi connectivity index (χ0) is 31.5. The van der Waals surface area contributed by atoms with Crippen LogP contribution in [0.25, 0.3) is 11.1 Å². The highest BCUT2D eigenvalue weighted by molar-refractivity contribution is 7.53. The van der Waals surface area contributed by atoms with Crippen molar-refractivity contribution in [3.63, 3.8) is 0 Å². The predicted octanol–water partition coefficient (Wildman–Crippen LogP) is 6.70. The van der Waals surface area contributed by atoms with Crippen LogP contribution in [0.5, 0.6) is 0 Å². The van der Waals surface area contributed by atoms with E-state index < -0.39 is 31.1 Å². The molecule has 44 heavy (non-hydrogen) atoms. The Morgan fingerprint density at radius 3 is 2.59 bits per heavy atom. The summed E-state index contributed by atoms with van der Waals surface area (Å²) in [4.78, 5) is 22.5. The molecule has 2 aromatic heterocycles. The van der Waals surface area contributed by atoms with Gasteiger partial charge >= 0.3 is 13.8 Å². The van der Waals surface area contributed by atoms with Crippen molar-refractivity contribution < 1.29 is 31.6 Å². The molecular weight excluding hydrogens is 598 g/mol. The number of halogens is 3. The summed E-state index contributed by atoms with van der Waals surface area (Å²) in [5.41, 5.74) is 1.67. The van der Waals surface area contributed by atoms with E-state index >= 15 is 0 Å². The number of aryl methyl sites for hydroxylation is 1. The lowest BCUT2D eigenvalue weighted by Crippen LogP contribution is -2.23. The van der Waals surface area contributed by atoms with Crippen LogP contribution in [-0.2, 0) is 32.5 Å². The minimum Gasteiger partial charge on any atom is -0.345 e. The molecular formula is C29H31F3N7O4P. The van der Waals surface area contributed by atoms with Crippen LogP contribution in [0.4, 0.5) is 36.3 Å². The molecule has 0 saturated heterocycles. The Bertz CT molecular complexity index is 1690. The van der Waals surface area contributed by atoms with Gasteiger partial charge in [-0.2, -0.15) is 23.3 Å². The summed E-state index contributed by atoms with van der Waals surface area (Å²) in [7, 11) is -0.351. The zero-order valence-electron chi connectivity index (χ0n) is 24.3. The first kappa shape index (κ1) is 31.2. The smallest absolute Gasteiger partial charge is 0.345 e. The highest BCUT2D eigenvalue weighted by Gasteiger charge is 2.36. The summed E-state index contributed by atoms with van der Waals surface area (Å²) < 4.78 is 68.4. The highest BCUT2D eigenvalue weighted by Crippen LogP contribution is 2.51. The first-order valence-electron chi connectivity index (χ1n) is 13.8. The summed E-state index contributed by atoms with van der Waals surface area (Å²) in [5, 5.41) is 10.0. The number of anilines is 4. The largest absolute Gasteiger partial charge is 0.421 e. The molecule has 2 aromatic carbocycles. The molecule has 0 unspecified atom stereocenters. The van der Waals surface area contributed by atoms with Gasteiger partial charge in [-0.3, -0.25) is 14.0 Å². The van der Waals surface area contributed by atoms with E-state index in [0.717, 1.165) is 0 Å². The molecule has 4 aromatic rings. The topological polar surface area (TPSA) is 124 Å². The van der Waals surface area contributed by atoms with Crippen molar-refractivity contribution in [3.05, 3.63) is 77.7 Å². The standard InChI is InChI=1S/C29H31F3N7O4P/c1-4-42-44(41)18-19-6-9-22(10-7-19)35-28-33-16-24(29(30,31)32)26(37-28)36-25-11-8-20(14-23(25)27(40)38(2)3)21-15-34-39(17-21)12-5-13-43-44/h6-11,14-17H,4-5,12-13,18H2,1-3H3,(H2,33,35,36,37)/t44-/m1/s1. The van der Waals surface area contributed by atoms with E-state index in [1.807, 2.05) is 0 Å². The van der Waals surface area contributed by atoms with E-state index in [2.05, 4.69) is 25.7 Å². The second kappa shape index (κ2) is 12.8. The Labute approximate surface area is 252 Å². The lowest BCUT2D eigenvalue weighted by atomic mass is 10.0. The third-order valence-electron chi connectivity index (χ3n) is 6.70. The number of carbonyl (C=O) groups excluding carboxylic acids is 1. The van der Waals surface area contributed by atoms with Crippen molar-refractivity contribution in [3.8, 4) is 11.1 Å². The summed E-state index contributed by atoms with van der Waals surface area (Å²) in [5.74, 6) is -1.06. The molecule has 0 radical (unpaired) electrons. The van der Waals surface area contributed by atoms with Crippen LogP contribution >= 0.6 is 7.60 Å². The summed E-state index contributed by atoms with van der Waals surface area (Å²) in [6.45, 7) is 2.59. The maximum Gasteiger partial charge on any atom is 0.421 e. The van der Waals surface area contributed by atoms with Crippen LogP contribution in [0, 0.1) is 0 Å². The average molecular weight is 630 g/mol. The monoisotopic (exact) mass is 629 g/mol. The predicted molar refractivity (Wildman–Crippen MR) is 159 cm³/mol. The number of benzene rings is 2. The number of hydrogen-bond donors (Lipinski definition) is 2. The molecule has 4 aliphatic heterocycles. The molecule has 1 atom stereocenters. The molecule has 6 heterocycles. The molecule has 0 saturated carbocycles. The van der Waals surface area contributed by atoms with Crippen LogP contribution in [0.1, 0.15) is 34.8 Å². The minimum absolute atomic E-state index is 0.0431. The third-order valence-corrected chi connectivity index (χ3v) is 8.68. The number of alkyl halides is 3. The van der Waals surface area contributed by atoms with Crippen molar-refractivity contribution in [1.82, 2.24) is 24.6 Å². The van der Waals surface area contributed by atoms with Gasteiger partial charge in [-0.15, -0.1) is 0 Å². The fourth-order valence-corrected chi connectivity index (χ4v) is 6.28. The van der Waals surface area contributed by atoms with E-state index in [0.29, 0.717) is 41.5 Å². The molecule has 11 nitrogen and oxygen atoms in total. The van der Waals surface area contributed by atoms with Crippen molar-refractivity contribution in [2.75, 3.05) is 37.9 Å². The zero-order valence-corrected chi connectivity index (χ0v) is 25.2. The van der Waals surface area contributed by atoms with Gasteiger partial charge in [-0.1, -0.05) is 18.2 Å². The minimum atomic E-state index is -4.77. The van der Waals surface area contributed by atoms with Crippen LogP contribution < -0.4 is 10.6 Å². The van der Waals surface area contributed by atoms with E-state index in [1.54, 1.807) is 74.5 Å². The van der Waals surface area contributed by atoms with Crippen molar-refractivity contribution in [1.29, 1.82) is 0 Å². The van der Waals surface area contributed by atoms with Gasteiger partial charge in [0.1, 0.15) is 11.4 Å². The van der Waals surface area contributed by atoms with Crippen LogP contribution in [0.3, 0.4) is 0 Å². The molecule has 0 aliphatic carbocycles. The number of hydrogen-bond acceptors (Lipinski definition) is 9. The van der Waals surface area contributed by atoms with E-state index in [9.17, 15) is 22.5 Å². The molecule has 15 heteroatoms. The quantitative estimate of drug-likeness (QED) is 0.238. The molecule has 0 spiro atoms. The fourth-order valence-electron chi connectivity index (χ4n) is 4.56. The molecule has 8 bridgehead atoms. The Morgan fingerprint density at radius 1 is 1.11 bits per heavy atom. The van der Waals surface area contributed by atoms with E-state index in [4.69, 9.17) is 9.05 Å². The molecule has 8 rings (SSSR count). The van der Waals surface area contributed by atoms with Crippen LogP contribution in [0.2, 0.25) is 0 Å². The maximum absolute atomic E-state index is 14.0. The van der Waals surface area contributed by atoms with E-state index in [1.165, 1.54) is 11.0 Å². The van der Waals surface area contributed by atoms with Crippen LogP contribution in [-0.4, -0.2) is 57.9 Å². The Morgan fingerprint density at radius 2 is 1.89 bits per heavy atom. The van der Waals surface area contributed by atoms with E-state index in [-0.39, 0.29) is 36.6 Å². The summed E-state index contributed by atoms with van der Waals surface area (Å²) in [6.07, 6.45) is -0.136. The molecule has 1 amide bonds. The normalized spacial score (nSPS) is 17.2. The van der Waals surface area contributed by atoms with Crippen molar-refractivity contribution >= 4 is 36.6 Å². The lowest BCUT2D eigenvalue weighted by molar-refractivity contribution is -0.137. The number of nitrogens with one attached hydrogen (secondary N) is 2. The third kappa shape index (κ3) is 7.26. The van der Waals surface area contributed by atoms with Crippen molar-refractivity contribution in [2.45, 2.75) is 32.2 Å². The number of aromatic nitrogens is 4. The molecule has 0 fully saturated rings. The summed E-state index contributed by atoms with van der Waals surface area (Å²) >= 11 is 0. The van der Waals surface area contributed by atoms with Gasteiger partial charge in [-0.05, 0) is 48.7 Å². The maximum atomic E-state index is 14.0.